The van der Waals surface area contributed by atoms with Crippen LogP contribution in [0.3, 0.4) is 0 Å². The van der Waals surface area contributed by atoms with Crippen LogP contribution in [0.4, 0.5) is 11.4 Å². The molecular formula is C16H18N4O4S2. The second-order valence-electron chi connectivity index (χ2n) is 6.09. The van der Waals surface area contributed by atoms with Gasteiger partial charge in [0.25, 0.3) is 5.56 Å². The first-order valence-corrected chi connectivity index (χ1v) is 10.7. The van der Waals surface area contributed by atoms with Gasteiger partial charge < -0.3 is 5.32 Å². The Kier molecular flexibility index (Phi) is 5.05. The molecule has 2 heterocycles. The third kappa shape index (κ3) is 4.25. The number of fused-ring (bicyclic) bond motifs is 1. The average molecular weight is 394 g/mol. The van der Waals surface area contributed by atoms with E-state index in [-0.39, 0.29) is 23.9 Å². The van der Waals surface area contributed by atoms with E-state index in [1.165, 1.54) is 16.3 Å². The third-order valence-electron chi connectivity index (χ3n) is 3.80. The minimum absolute atomic E-state index is 0.139. The fourth-order valence-electron chi connectivity index (χ4n) is 2.58. The first kappa shape index (κ1) is 18.5. The summed E-state index contributed by atoms with van der Waals surface area (Å²) in [7, 11) is -3.40. The third-order valence-corrected chi connectivity index (χ3v) is 5.56. The van der Waals surface area contributed by atoms with Crippen LogP contribution in [-0.4, -0.2) is 35.9 Å². The molecule has 1 aliphatic heterocycles. The predicted octanol–water partition coefficient (Wildman–Crippen LogP) is 1.28. The fourth-order valence-corrected chi connectivity index (χ4v) is 4.18. The molecule has 2 aromatic rings. The van der Waals surface area contributed by atoms with Crippen LogP contribution in [0.15, 0.2) is 40.4 Å². The number of amides is 1. The molecule has 0 spiro atoms. The van der Waals surface area contributed by atoms with Crippen molar-refractivity contribution in [2.45, 2.75) is 18.6 Å². The molecule has 1 atom stereocenters. The Morgan fingerprint density at radius 1 is 1.35 bits per heavy atom. The molecule has 10 heteroatoms. The lowest BCUT2D eigenvalue weighted by Crippen LogP contribution is -2.37. The van der Waals surface area contributed by atoms with Crippen molar-refractivity contribution in [1.82, 2.24) is 9.55 Å². The van der Waals surface area contributed by atoms with E-state index in [1.54, 1.807) is 37.4 Å². The summed E-state index contributed by atoms with van der Waals surface area (Å²) in [4.78, 5) is 29.0. The lowest BCUT2D eigenvalue weighted by atomic mass is 10.1. The van der Waals surface area contributed by atoms with Crippen LogP contribution in [0.5, 0.6) is 0 Å². The SMILES string of the molecule is Cc1cnc2n(c1=O)C[C@H](C(=O)Nc1cccc(NS(C)(=O)=O)c1)CS2. The summed E-state index contributed by atoms with van der Waals surface area (Å²) in [5.41, 5.74) is 1.24. The molecule has 26 heavy (non-hydrogen) atoms. The monoisotopic (exact) mass is 394 g/mol. The van der Waals surface area contributed by atoms with Crippen molar-refractivity contribution in [2.24, 2.45) is 5.92 Å². The van der Waals surface area contributed by atoms with Gasteiger partial charge in [0, 0.05) is 29.7 Å². The second-order valence-corrected chi connectivity index (χ2v) is 8.83. The molecule has 0 aliphatic carbocycles. The zero-order chi connectivity index (χ0) is 18.9. The lowest BCUT2D eigenvalue weighted by Gasteiger charge is -2.24. The minimum Gasteiger partial charge on any atom is -0.326 e. The van der Waals surface area contributed by atoms with E-state index in [2.05, 4.69) is 15.0 Å². The standard InChI is InChI=1S/C16H18N4O4S2/c1-10-7-17-16-20(15(10)22)8-11(9-25-16)14(21)18-12-4-3-5-13(6-12)19-26(2,23)24/h3-7,11,19H,8-9H2,1-2H3,(H,18,21)/t11-/m0/s1. The Hall–Kier alpha value is -2.33. The van der Waals surface area contributed by atoms with Gasteiger partial charge in [-0.25, -0.2) is 13.4 Å². The molecule has 0 bridgehead atoms. The Bertz CT molecular complexity index is 1020. The highest BCUT2D eigenvalue weighted by molar-refractivity contribution is 7.99. The molecular weight excluding hydrogens is 376 g/mol. The summed E-state index contributed by atoms with van der Waals surface area (Å²) in [5.74, 6) is -0.101. The van der Waals surface area contributed by atoms with Gasteiger partial charge in [-0.05, 0) is 25.1 Å². The van der Waals surface area contributed by atoms with Crippen LogP contribution in [0.1, 0.15) is 5.56 Å². The average Bonchev–Trinajstić information content (AvgIpc) is 2.57. The van der Waals surface area contributed by atoms with E-state index in [0.29, 0.717) is 27.8 Å². The molecule has 2 N–H and O–H groups in total. The van der Waals surface area contributed by atoms with Gasteiger partial charge in [-0.3, -0.25) is 18.9 Å². The van der Waals surface area contributed by atoms with Gasteiger partial charge in [-0.1, -0.05) is 17.8 Å². The summed E-state index contributed by atoms with van der Waals surface area (Å²) in [6, 6.07) is 6.46. The molecule has 1 aromatic carbocycles. The molecule has 0 saturated heterocycles. The molecule has 3 rings (SSSR count). The predicted molar refractivity (Wildman–Crippen MR) is 101 cm³/mol. The highest BCUT2D eigenvalue weighted by Gasteiger charge is 2.27. The van der Waals surface area contributed by atoms with E-state index < -0.39 is 10.0 Å². The summed E-state index contributed by atoms with van der Waals surface area (Å²) in [6.07, 6.45) is 2.60. The van der Waals surface area contributed by atoms with Crippen LogP contribution >= 0.6 is 11.8 Å². The molecule has 1 aliphatic rings. The van der Waals surface area contributed by atoms with Crippen molar-refractivity contribution in [3.05, 3.63) is 46.4 Å². The van der Waals surface area contributed by atoms with Crippen molar-refractivity contribution in [3.63, 3.8) is 0 Å². The highest BCUT2D eigenvalue weighted by atomic mass is 32.2. The minimum atomic E-state index is -3.40. The maximum Gasteiger partial charge on any atom is 0.257 e. The number of nitrogens with one attached hydrogen (secondary N) is 2. The molecule has 0 saturated carbocycles. The number of rotatable bonds is 4. The van der Waals surface area contributed by atoms with Crippen molar-refractivity contribution in [3.8, 4) is 0 Å². The van der Waals surface area contributed by atoms with E-state index >= 15 is 0 Å². The highest BCUT2D eigenvalue weighted by Crippen LogP contribution is 2.26. The number of carbonyl (C=O) groups is 1. The Morgan fingerprint density at radius 2 is 2.08 bits per heavy atom. The van der Waals surface area contributed by atoms with Crippen LogP contribution < -0.4 is 15.6 Å². The van der Waals surface area contributed by atoms with E-state index in [9.17, 15) is 18.0 Å². The van der Waals surface area contributed by atoms with E-state index in [0.717, 1.165) is 6.26 Å². The second kappa shape index (κ2) is 7.12. The number of aryl methyl sites for hydroxylation is 1. The number of hydrogen-bond acceptors (Lipinski definition) is 6. The molecule has 0 fully saturated rings. The van der Waals surface area contributed by atoms with Gasteiger partial charge in [-0.15, -0.1) is 0 Å². The summed E-state index contributed by atoms with van der Waals surface area (Å²) in [5, 5.41) is 3.39. The number of benzene rings is 1. The number of sulfonamides is 1. The largest absolute Gasteiger partial charge is 0.326 e. The number of thioether (sulfide) groups is 1. The Morgan fingerprint density at radius 3 is 2.81 bits per heavy atom. The number of aromatic nitrogens is 2. The van der Waals surface area contributed by atoms with Crippen LogP contribution in [0.2, 0.25) is 0 Å². The zero-order valence-corrected chi connectivity index (χ0v) is 15.9. The topological polar surface area (TPSA) is 110 Å². The fraction of sp³-hybridized carbons (Fsp3) is 0.312. The number of carbonyl (C=O) groups excluding carboxylic acids is 1. The van der Waals surface area contributed by atoms with Gasteiger partial charge in [0.1, 0.15) is 0 Å². The van der Waals surface area contributed by atoms with Crippen LogP contribution in [0, 0.1) is 12.8 Å². The maximum atomic E-state index is 12.6. The summed E-state index contributed by atoms with van der Waals surface area (Å²) in [6.45, 7) is 1.96. The van der Waals surface area contributed by atoms with Gasteiger partial charge >= 0.3 is 0 Å². The molecule has 1 amide bonds. The first-order valence-electron chi connectivity index (χ1n) is 7.81. The number of nitrogens with zero attached hydrogens (tertiary/aromatic N) is 2. The van der Waals surface area contributed by atoms with Gasteiger partial charge in [0.2, 0.25) is 15.9 Å². The molecule has 138 valence electrons. The summed E-state index contributed by atoms with van der Waals surface area (Å²) < 4.78 is 26.5. The van der Waals surface area contributed by atoms with Gasteiger partial charge in [-0.2, -0.15) is 0 Å². The van der Waals surface area contributed by atoms with Crippen molar-refractivity contribution >= 4 is 39.1 Å². The molecule has 1 aromatic heterocycles. The van der Waals surface area contributed by atoms with Gasteiger partial charge in [0.15, 0.2) is 5.16 Å². The smallest absolute Gasteiger partial charge is 0.257 e. The van der Waals surface area contributed by atoms with Crippen molar-refractivity contribution in [1.29, 1.82) is 0 Å². The molecule has 0 unspecified atom stereocenters. The van der Waals surface area contributed by atoms with E-state index in [4.69, 9.17) is 0 Å². The Labute approximate surface area is 155 Å². The van der Waals surface area contributed by atoms with Crippen LogP contribution in [0.25, 0.3) is 0 Å². The van der Waals surface area contributed by atoms with Crippen LogP contribution in [-0.2, 0) is 21.4 Å². The lowest BCUT2D eigenvalue weighted by molar-refractivity contribution is -0.119. The first-order chi connectivity index (χ1) is 12.2. The maximum absolute atomic E-state index is 12.6. The Balaban J connectivity index is 1.74. The molecule has 0 radical (unpaired) electrons. The van der Waals surface area contributed by atoms with E-state index in [1.807, 2.05) is 0 Å². The summed E-state index contributed by atoms with van der Waals surface area (Å²) >= 11 is 1.37. The quantitative estimate of drug-likeness (QED) is 0.756. The van der Waals surface area contributed by atoms with Crippen molar-refractivity contribution < 1.29 is 13.2 Å². The normalized spacial score (nSPS) is 16.6. The van der Waals surface area contributed by atoms with Crippen molar-refractivity contribution in [2.75, 3.05) is 22.0 Å². The molecule has 8 nitrogen and oxygen atoms in total. The van der Waals surface area contributed by atoms with Gasteiger partial charge in [0.05, 0.1) is 17.9 Å². The zero-order valence-electron chi connectivity index (χ0n) is 14.2. The number of anilines is 2. The number of hydrogen-bond donors (Lipinski definition) is 2.